The van der Waals surface area contributed by atoms with Crippen LogP contribution in [0.1, 0.15) is 30.6 Å². The predicted octanol–water partition coefficient (Wildman–Crippen LogP) is 3.17. The second-order valence-electron chi connectivity index (χ2n) is 3.29. The molecule has 0 saturated heterocycles. The molecule has 0 bridgehead atoms. The highest BCUT2D eigenvalue weighted by atomic mass is 127. The number of rotatable bonds is 4. The van der Waals surface area contributed by atoms with Gasteiger partial charge in [-0.15, -0.1) is 0 Å². The number of carbonyl (C=O) groups is 1. The van der Waals surface area contributed by atoms with E-state index in [0.29, 0.717) is 0 Å². The first-order chi connectivity index (χ1) is 7.04. The Morgan fingerprint density at radius 3 is 2.73 bits per heavy atom. The molecule has 15 heavy (non-hydrogen) atoms. The summed E-state index contributed by atoms with van der Waals surface area (Å²) in [5, 5.41) is 8.78. The van der Waals surface area contributed by atoms with E-state index in [9.17, 15) is 4.79 Å². The van der Waals surface area contributed by atoms with E-state index in [1.54, 1.807) is 18.2 Å². The SMILES string of the molecule is CC[C@@H](C)Oc1ccc(C(=O)O)cc1I. The molecule has 4 heteroatoms. The van der Waals surface area contributed by atoms with Crippen LogP contribution in [0.25, 0.3) is 0 Å². The van der Waals surface area contributed by atoms with Gasteiger partial charge in [0.1, 0.15) is 5.75 Å². The Labute approximate surface area is 103 Å². The first-order valence-corrected chi connectivity index (χ1v) is 5.82. The van der Waals surface area contributed by atoms with E-state index in [2.05, 4.69) is 22.6 Å². The molecule has 0 fully saturated rings. The van der Waals surface area contributed by atoms with Crippen LogP contribution in [0.2, 0.25) is 0 Å². The van der Waals surface area contributed by atoms with Gasteiger partial charge in [0.25, 0.3) is 0 Å². The predicted molar refractivity (Wildman–Crippen MR) is 66.5 cm³/mol. The number of carboxylic acid groups (broad SMARTS) is 1. The van der Waals surface area contributed by atoms with Crippen molar-refractivity contribution in [2.75, 3.05) is 0 Å². The van der Waals surface area contributed by atoms with Crippen molar-refractivity contribution in [1.29, 1.82) is 0 Å². The first kappa shape index (κ1) is 12.3. The average molecular weight is 320 g/mol. The zero-order valence-electron chi connectivity index (χ0n) is 8.66. The van der Waals surface area contributed by atoms with Gasteiger partial charge in [-0.25, -0.2) is 4.79 Å². The fraction of sp³-hybridized carbons (Fsp3) is 0.364. The molecule has 0 heterocycles. The van der Waals surface area contributed by atoms with Gasteiger partial charge in [0.2, 0.25) is 0 Å². The summed E-state index contributed by atoms with van der Waals surface area (Å²) in [6.45, 7) is 4.03. The smallest absolute Gasteiger partial charge is 0.335 e. The molecular formula is C11H13IO3. The van der Waals surface area contributed by atoms with Crippen molar-refractivity contribution in [3.05, 3.63) is 27.3 Å². The van der Waals surface area contributed by atoms with Crippen LogP contribution in [-0.4, -0.2) is 17.2 Å². The van der Waals surface area contributed by atoms with E-state index < -0.39 is 5.97 Å². The summed E-state index contributed by atoms with van der Waals surface area (Å²) in [5.41, 5.74) is 0.288. The molecular weight excluding hydrogens is 307 g/mol. The Morgan fingerprint density at radius 2 is 2.27 bits per heavy atom. The van der Waals surface area contributed by atoms with Crippen LogP contribution in [0.4, 0.5) is 0 Å². The summed E-state index contributed by atoms with van der Waals surface area (Å²) in [5.74, 6) is -0.169. The van der Waals surface area contributed by atoms with Crippen LogP contribution < -0.4 is 4.74 Å². The highest BCUT2D eigenvalue weighted by Gasteiger charge is 2.09. The van der Waals surface area contributed by atoms with Crippen LogP contribution in [0.3, 0.4) is 0 Å². The number of ether oxygens (including phenoxy) is 1. The van der Waals surface area contributed by atoms with Crippen LogP contribution in [0.15, 0.2) is 18.2 Å². The van der Waals surface area contributed by atoms with Gasteiger partial charge in [0.15, 0.2) is 0 Å². The molecule has 1 atom stereocenters. The molecule has 0 aliphatic heterocycles. The van der Waals surface area contributed by atoms with Crippen molar-refractivity contribution in [2.45, 2.75) is 26.4 Å². The zero-order valence-corrected chi connectivity index (χ0v) is 10.8. The minimum absolute atomic E-state index is 0.147. The quantitative estimate of drug-likeness (QED) is 0.867. The number of aromatic carboxylic acids is 1. The zero-order chi connectivity index (χ0) is 11.4. The van der Waals surface area contributed by atoms with Crippen LogP contribution in [0.5, 0.6) is 5.75 Å². The molecule has 0 radical (unpaired) electrons. The van der Waals surface area contributed by atoms with Crippen molar-refractivity contribution in [3.8, 4) is 5.75 Å². The van der Waals surface area contributed by atoms with E-state index in [0.717, 1.165) is 15.7 Å². The van der Waals surface area contributed by atoms with Gasteiger partial charge < -0.3 is 9.84 Å². The largest absolute Gasteiger partial charge is 0.490 e. The van der Waals surface area contributed by atoms with E-state index in [1.165, 1.54) is 0 Å². The lowest BCUT2D eigenvalue weighted by Crippen LogP contribution is -2.11. The first-order valence-electron chi connectivity index (χ1n) is 4.74. The van der Waals surface area contributed by atoms with Crippen molar-refractivity contribution in [1.82, 2.24) is 0 Å². The van der Waals surface area contributed by atoms with E-state index in [1.807, 2.05) is 13.8 Å². The van der Waals surface area contributed by atoms with Gasteiger partial charge in [-0.3, -0.25) is 0 Å². The Balaban J connectivity index is 2.88. The maximum Gasteiger partial charge on any atom is 0.335 e. The molecule has 0 amide bonds. The average Bonchev–Trinajstić information content (AvgIpc) is 2.20. The fourth-order valence-electron chi connectivity index (χ4n) is 1.03. The highest BCUT2D eigenvalue weighted by Crippen LogP contribution is 2.23. The Bertz CT molecular complexity index is 363. The third-order valence-corrected chi connectivity index (χ3v) is 2.92. The Kier molecular flexibility index (Phi) is 4.38. The summed E-state index contributed by atoms with van der Waals surface area (Å²) in [4.78, 5) is 10.7. The highest BCUT2D eigenvalue weighted by molar-refractivity contribution is 14.1. The summed E-state index contributed by atoms with van der Waals surface area (Å²) in [6, 6.07) is 4.88. The van der Waals surface area contributed by atoms with Gasteiger partial charge in [-0.2, -0.15) is 0 Å². The second kappa shape index (κ2) is 5.34. The molecule has 0 unspecified atom stereocenters. The molecule has 0 spiro atoms. The topological polar surface area (TPSA) is 46.5 Å². The van der Waals surface area contributed by atoms with Gasteiger partial charge >= 0.3 is 5.97 Å². The van der Waals surface area contributed by atoms with Crippen molar-refractivity contribution >= 4 is 28.6 Å². The van der Waals surface area contributed by atoms with E-state index >= 15 is 0 Å². The fourth-order valence-corrected chi connectivity index (χ4v) is 1.67. The molecule has 0 aromatic heterocycles. The van der Waals surface area contributed by atoms with E-state index in [4.69, 9.17) is 9.84 Å². The summed E-state index contributed by atoms with van der Waals surface area (Å²) in [7, 11) is 0. The number of hydrogen-bond acceptors (Lipinski definition) is 2. The minimum atomic E-state index is -0.914. The molecule has 1 aromatic carbocycles. The molecule has 0 aliphatic rings. The summed E-state index contributed by atoms with van der Waals surface area (Å²) >= 11 is 2.08. The molecule has 0 saturated carbocycles. The summed E-state index contributed by atoms with van der Waals surface area (Å²) < 4.78 is 6.46. The third kappa shape index (κ3) is 3.37. The van der Waals surface area contributed by atoms with Gasteiger partial charge in [0.05, 0.1) is 15.2 Å². The van der Waals surface area contributed by atoms with Gasteiger partial charge in [-0.1, -0.05) is 6.92 Å². The number of carboxylic acids is 1. The lowest BCUT2D eigenvalue weighted by molar-refractivity contribution is 0.0696. The number of benzene rings is 1. The van der Waals surface area contributed by atoms with Crippen LogP contribution in [0, 0.1) is 3.57 Å². The lowest BCUT2D eigenvalue weighted by atomic mass is 10.2. The van der Waals surface area contributed by atoms with Crippen LogP contribution in [-0.2, 0) is 0 Å². The third-order valence-electron chi connectivity index (χ3n) is 2.08. The standard InChI is InChI=1S/C11H13IO3/c1-3-7(2)15-10-5-4-8(11(13)14)6-9(10)12/h4-7H,3H2,1-2H3,(H,13,14)/t7-/m1/s1. The number of halogens is 1. The van der Waals surface area contributed by atoms with Gasteiger partial charge in [0, 0.05) is 0 Å². The Hall–Kier alpha value is -0.780. The molecule has 0 aliphatic carbocycles. The molecule has 1 N–H and O–H groups in total. The maximum absolute atomic E-state index is 10.7. The normalized spacial score (nSPS) is 12.2. The molecule has 1 aromatic rings. The van der Waals surface area contributed by atoms with Crippen LogP contribution >= 0.6 is 22.6 Å². The van der Waals surface area contributed by atoms with Crippen molar-refractivity contribution in [2.24, 2.45) is 0 Å². The number of hydrogen-bond donors (Lipinski definition) is 1. The Morgan fingerprint density at radius 1 is 1.60 bits per heavy atom. The lowest BCUT2D eigenvalue weighted by Gasteiger charge is -2.14. The van der Waals surface area contributed by atoms with Crippen molar-refractivity contribution < 1.29 is 14.6 Å². The maximum atomic E-state index is 10.7. The minimum Gasteiger partial charge on any atom is -0.490 e. The second-order valence-corrected chi connectivity index (χ2v) is 4.45. The monoisotopic (exact) mass is 320 g/mol. The van der Waals surface area contributed by atoms with Gasteiger partial charge in [-0.05, 0) is 54.1 Å². The molecule has 3 nitrogen and oxygen atoms in total. The van der Waals surface area contributed by atoms with E-state index in [-0.39, 0.29) is 11.7 Å². The molecule has 82 valence electrons. The molecule has 1 rings (SSSR count). The van der Waals surface area contributed by atoms with Crippen molar-refractivity contribution in [3.63, 3.8) is 0 Å². The summed E-state index contributed by atoms with van der Waals surface area (Å²) in [6.07, 6.45) is 1.07.